The summed E-state index contributed by atoms with van der Waals surface area (Å²) in [5.74, 6) is 0. The van der Waals surface area contributed by atoms with Gasteiger partial charge in [0.1, 0.15) is 5.52 Å². The Balaban J connectivity index is 1.89. The average molecular weight is 288 g/mol. The van der Waals surface area contributed by atoms with E-state index in [1.807, 2.05) is 50.6 Å². The summed E-state index contributed by atoms with van der Waals surface area (Å²) in [6.07, 6.45) is 3.81. The van der Waals surface area contributed by atoms with Gasteiger partial charge in [-0.15, -0.1) is 0 Å². The minimum absolute atomic E-state index is 0.0285. The zero-order chi connectivity index (χ0) is 14.1. The standard InChI is InChI=1S/C14H16N4OS/c1-9(15)13(10-7-16-18(2)8-10)20-14-17-11-5-3-4-6-12(11)19-14/h3-9,13H,15H2,1-2H3. The Kier molecular flexibility index (Phi) is 3.50. The zero-order valence-electron chi connectivity index (χ0n) is 11.4. The summed E-state index contributed by atoms with van der Waals surface area (Å²) < 4.78 is 7.52. The molecule has 3 rings (SSSR count). The molecule has 2 heterocycles. The molecule has 0 aliphatic carbocycles. The number of aromatic nitrogens is 3. The van der Waals surface area contributed by atoms with Gasteiger partial charge in [-0.3, -0.25) is 4.68 Å². The first-order chi connectivity index (χ1) is 9.63. The minimum Gasteiger partial charge on any atom is -0.431 e. The number of rotatable bonds is 4. The molecule has 0 aliphatic rings. The van der Waals surface area contributed by atoms with Crippen molar-refractivity contribution in [3.8, 4) is 0 Å². The molecule has 0 spiro atoms. The second-order valence-corrected chi connectivity index (χ2v) is 5.89. The summed E-state index contributed by atoms with van der Waals surface area (Å²) in [4.78, 5) is 4.48. The van der Waals surface area contributed by atoms with E-state index in [4.69, 9.17) is 10.2 Å². The molecule has 2 unspecified atom stereocenters. The van der Waals surface area contributed by atoms with Gasteiger partial charge in [-0.1, -0.05) is 23.9 Å². The molecule has 2 N–H and O–H groups in total. The van der Waals surface area contributed by atoms with E-state index in [1.165, 1.54) is 11.8 Å². The van der Waals surface area contributed by atoms with Crippen molar-refractivity contribution in [1.29, 1.82) is 0 Å². The van der Waals surface area contributed by atoms with Crippen LogP contribution in [0.25, 0.3) is 11.1 Å². The van der Waals surface area contributed by atoms with Gasteiger partial charge in [-0.05, 0) is 19.1 Å². The number of oxazole rings is 1. The SMILES string of the molecule is CC(N)C(Sc1nc2ccccc2o1)c1cnn(C)c1. The van der Waals surface area contributed by atoms with E-state index in [-0.39, 0.29) is 11.3 Å². The first-order valence-corrected chi connectivity index (χ1v) is 7.28. The number of aryl methyl sites for hydroxylation is 1. The minimum atomic E-state index is -0.0285. The van der Waals surface area contributed by atoms with Gasteiger partial charge < -0.3 is 10.2 Å². The maximum Gasteiger partial charge on any atom is 0.257 e. The highest BCUT2D eigenvalue weighted by molar-refractivity contribution is 7.99. The van der Waals surface area contributed by atoms with Gasteiger partial charge in [0.2, 0.25) is 0 Å². The smallest absolute Gasteiger partial charge is 0.257 e. The van der Waals surface area contributed by atoms with Gasteiger partial charge in [0.15, 0.2) is 5.58 Å². The Bertz CT molecular complexity index is 686. The van der Waals surface area contributed by atoms with Crippen molar-refractivity contribution in [3.05, 3.63) is 42.2 Å². The van der Waals surface area contributed by atoms with Gasteiger partial charge >= 0.3 is 0 Å². The van der Waals surface area contributed by atoms with Gasteiger partial charge in [-0.25, -0.2) is 4.98 Å². The normalized spacial score (nSPS) is 14.6. The molecule has 0 radical (unpaired) electrons. The molecule has 104 valence electrons. The average Bonchev–Trinajstić information content (AvgIpc) is 3.01. The molecule has 6 heteroatoms. The Labute approximate surface area is 121 Å². The number of nitrogens with two attached hydrogens (primary N) is 1. The Morgan fingerprint density at radius 1 is 1.35 bits per heavy atom. The fourth-order valence-electron chi connectivity index (χ4n) is 2.08. The summed E-state index contributed by atoms with van der Waals surface area (Å²) in [6, 6.07) is 7.71. The maximum atomic E-state index is 6.09. The third-order valence-corrected chi connectivity index (χ3v) is 4.36. The van der Waals surface area contributed by atoms with Crippen LogP contribution in [0.1, 0.15) is 17.7 Å². The molecule has 20 heavy (non-hydrogen) atoms. The summed E-state index contributed by atoms with van der Waals surface area (Å²) >= 11 is 1.53. The lowest BCUT2D eigenvalue weighted by atomic mass is 10.1. The van der Waals surface area contributed by atoms with Crippen LogP contribution < -0.4 is 5.73 Å². The third kappa shape index (κ3) is 2.57. The number of benzene rings is 1. The Morgan fingerprint density at radius 2 is 2.15 bits per heavy atom. The number of hydrogen-bond donors (Lipinski definition) is 1. The van der Waals surface area contributed by atoms with Crippen LogP contribution in [0, 0.1) is 0 Å². The molecule has 3 aromatic rings. The summed E-state index contributed by atoms with van der Waals surface area (Å²) in [7, 11) is 1.89. The lowest BCUT2D eigenvalue weighted by Crippen LogP contribution is -2.22. The molecule has 0 bridgehead atoms. The quantitative estimate of drug-likeness (QED) is 0.747. The van der Waals surface area contributed by atoms with Crippen LogP contribution in [0.3, 0.4) is 0 Å². The van der Waals surface area contributed by atoms with E-state index in [0.717, 1.165) is 16.7 Å². The highest BCUT2D eigenvalue weighted by Crippen LogP contribution is 2.37. The fourth-order valence-corrected chi connectivity index (χ4v) is 3.05. The second-order valence-electron chi connectivity index (χ2n) is 4.79. The molecule has 2 atom stereocenters. The Hall–Kier alpha value is -1.79. The maximum absolute atomic E-state index is 6.09. The van der Waals surface area contributed by atoms with Crippen LogP contribution in [0.4, 0.5) is 0 Å². The number of thioether (sulfide) groups is 1. The van der Waals surface area contributed by atoms with Gasteiger partial charge in [0.25, 0.3) is 5.22 Å². The highest BCUT2D eigenvalue weighted by Gasteiger charge is 2.22. The lowest BCUT2D eigenvalue weighted by molar-refractivity contribution is 0.487. The van der Waals surface area contributed by atoms with E-state index >= 15 is 0 Å². The van der Waals surface area contributed by atoms with Crippen LogP contribution >= 0.6 is 11.8 Å². The van der Waals surface area contributed by atoms with Crippen molar-refractivity contribution in [2.24, 2.45) is 12.8 Å². The molecule has 0 saturated heterocycles. The van der Waals surface area contributed by atoms with Crippen molar-refractivity contribution >= 4 is 22.9 Å². The lowest BCUT2D eigenvalue weighted by Gasteiger charge is -2.16. The summed E-state index contributed by atoms with van der Waals surface area (Å²) in [5.41, 5.74) is 8.83. The van der Waals surface area contributed by atoms with Gasteiger partial charge in [-0.2, -0.15) is 5.10 Å². The Morgan fingerprint density at radius 3 is 2.80 bits per heavy atom. The third-order valence-electron chi connectivity index (χ3n) is 3.03. The van der Waals surface area contributed by atoms with Crippen LogP contribution in [0.2, 0.25) is 0 Å². The molecular formula is C14H16N4OS. The van der Waals surface area contributed by atoms with Crippen molar-refractivity contribution in [2.45, 2.75) is 23.4 Å². The van der Waals surface area contributed by atoms with E-state index in [0.29, 0.717) is 5.22 Å². The van der Waals surface area contributed by atoms with Crippen LogP contribution in [0.5, 0.6) is 0 Å². The molecule has 0 saturated carbocycles. The number of fused-ring (bicyclic) bond motifs is 1. The topological polar surface area (TPSA) is 69.9 Å². The van der Waals surface area contributed by atoms with Crippen LogP contribution in [-0.4, -0.2) is 20.8 Å². The van der Waals surface area contributed by atoms with Crippen LogP contribution in [0.15, 0.2) is 46.3 Å². The van der Waals surface area contributed by atoms with Crippen LogP contribution in [-0.2, 0) is 7.05 Å². The molecule has 1 aromatic carbocycles. The van der Waals surface area contributed by atoms with Crippen molar-refractivity contribution < 1.29 is 4.42 Å². The van der Waals surface area contributed by atoms with Crippen molar-refractivity contribution in [1.82, 2.24) is 14.8 Å². The van der Waals surface area contributed by atoms with Crippen molar-refractivity contribution in [2.75, 3.05) is 0 Å². The molecule has 0 fully saturated rings. The summed E-state index contributed by atoms with van der Waals surface area (Å²) in [6.45, 7) is 1.98. The highest BCUT2D eigenvalue weighted by atomic mass is 32.2. The number of para-hydroxylation sites is 2. The monoisotopic (exact) mass is 288 g/mol. The van der Waals surface area contributed by atoms with Gasteiger partial charge in [0, 0.05) is 24.8 Å². The largest absolute Gasteiger partial charge is 0.431 e. The predicted octanol–water partition coefficient (Wildman–Crippen LogP) is 2.74. The predicted molar refractivity (Wildman–Crippen MR) is 79.5 cm³/mol. The molecule has 0 aliphatic heterocycles. The zero-order valence-corrected chi connectivity index (χ0v) is 12.2. The number of hydrogen-bond acceptors (Lipinski definition) is 5. The van der Waals surface area contributed by atoms with E-state index in [9.17, 15) is 0 Å². The van der Waals surface area contributed by atoms with Gasteiger partial charge in [0.05, 0.1) is 11.4 Å². The van der Waals surface area contributed by atoms with E-state index < -0.39 is 0 Å². The first kappa shape index (κ1) is 13.2. The molecule has 0 amide bonds. The second kappa shape index (κ2) is 5.30. The van der Waals surface area contributed by atoms with E-state index in [2.05, 4.69) is 10.1 Å². The first-order valence-electron chi connectivity index (χ1n) is 6.40. The van der Waals surface area contributed by atoms with E-state index in [1.54, 1.807) is 4.68 Å². The molecular weight excluding hydrogens is 272 g/mol. The molecule has 5 nitrogen and oxygen atoms in total. The number of nitrogens with zero attached hydrogens (tertiary/aromatic N) is 3. The van der Waals surface area contributed by atoms with Crippen molar-refractivity contribution in [3.63, 3.8) is 0 Å². The fraction of sp³-hybridized carbons (Fsp3) is 0.286. The molecule has 2 aromatic heterocycles. The summed E-state index contributed by atoms with van der Waals surface area (Å²) in [5, 5.41) is 4.90.